The van der Waals surface area contributed by atoms with Gasteiger partial charge >= 0.3 is 5.97 Å². The molecule has 0 bridgehead atoms. The molecule has 0 amide bonds. The lowest BCUT2D eigenvalue weighted by Gasteiger charge is -2.27. The summed E-state index contributed by atoms with van der Waals surface area (Å²) in [5, 5.41) is 19.3. The van der Waals surface area contributed by atoms with Crippen LogP contribution in [0.25, 0.3) is 0 Å². The van der Waals surface area contributed by atoms with Crippen molar-refractivity contribution in [3.8, 4) is 0 Å². The number of hydrogen-bond acceptors (Lipinski definition) is 2. The summed E-state index contributed by atoms with van der Waals surface area (Å²) in [5.74, 6) is -1.32. The zero-order valence-electron chi connectivity index (χ0n) is 16.5. The fourth-order valence-electron chi connectivity index (χ4n) is 3.23. The van der Waals surface area contributed by atoms with E-state index in [1.807, 2.05) is 0 Å². The lowest BCUT2D eigenvalue weighted by molar-refractivity contribution is -0.164. The minimum absolute atomic E-state index is 0.239. The molecule has 144 valence electrons. The Balaban J connectivity index is 3.38. The van der Waals surface area contributed by atoms with Crippen LogP contribution in [0.1, 0.15) is 117 Å². The second kappa shape index (κ2) is 14.7. The molecule has 0 heterocycles. The van der Waals surface area contributed by atoms with Gasteiger partial charge in [0.25, 0.3) is 0 Å². The van der Waals surface area contributed by atoms with Crippen LogP contribution < -0.4 is 0 Å². The summed E-state index contributed by atoms with van der Waals surface area (Å²) < 4.78 is 0. The maximum absolute atomic E-state index is 11.2. The fourth-order valence-corrected chi connectivity index (χ4v) is 3.23. The molecule has 0 aromatic rings. The molecule has 1 atom stereocenters. The highest BCUT2D eigenvalue weighted by Gasteiger charge is 2.38. The Kier molecular flexibility index (Phi) is 14.4. The Morgan fingerprint density at radius 1 is 0.750 bits per heavy atom. The molecule has 0 saturated carbocycles. The van der Waals surface area contributed by atoms with Gasteiger partial charge in [0.15, 0.2) is 5.60 Å². The molecule has 3 heteroatoms. The molecule has 0 aliphatic heterocycles. The number of aliphatic carboxylic acids is 1. The van der Waals surface area contributed by atoms with E-state index in [1.54, 1.807) is 13.8 Å². The molecule has 0 saturated heterocycles. The van der Waals surface area contributed by atoms with Crippen LogP contribution in [0.4, 0.5) is 0 Å². The van der Waals surface area contributed by atoms with Gasteiger partial charge in [-0.25, -0.2) is 4.79 Å². The van der Waals surface area contributed by atoms with E-state index in [1.165, 1.54) is 70.6 Å². The Labute approximate surface area is 150 Å². The summed E-state index contributed by atoms with van der Waals surface area (Å²) in [7, 11) is 0. The lowest BCUT2D eigenvalue weighted by Crippen LogP contribution is -2.43. The molecule has 0 fully saturated rings. The van der Waals surface area contributed by atoms with Crippen molar-refractivity contribution in [3.05, 3.63) is 0 Å². The van der Waals surface area contributed by atoms with Gasteiger partial charge in [-0.2, -0.15) is 0 Å². The average Bonchev–Trinajstić information content (AvgIpc) is 2.54. The summed E-state index contributed by atoms with van der Waals surface area (Å²) in [5.41, 5.74) is -1.54. The number of carbonyl (C=O) groups is 1. The van der Waals surface area contributed by atoms with Crippen LogP contribution in [0.3, 0.4) is 0 Å². The largest absolute Gasteiger partial charge is 0.479 e. The lowest BCUT2D eigenvalue weighted by atomic mass is 9.85. The second-order valence-corrected chi connectivity index (χ2v) is 7.73. The highest BCUT2D eigenvalue weighted by molar-refractivity contribution is 5.77. The number of carboxylic acid groups (broad SMARTS) is 1. The minimum atomic E-state index is -1.54. The van der Waals surface area contributed by atoms with E-state index in [-0.39, 0.29) is 5.92 Å². The maximum Gasteiger partial charge on any atom is 0.335 e. The third-order valence-corrected chi connectivity index (χ3v) is 5.24. The zero-order chi connectivity index (χ0) is 18.3. The van der Waals surface area contributed by atoms with Gasteiger partial charge in [-0.1, -0.05) is 104 Å². The summed E-state index contributed by atoms with van der Waals surface area (Å²) >= 11 is 0. The molecule has 0 rings (SSSR count). The number of hydrogen-bond donors (Lipinski definition) is 2. The monoisotopic (exact) mass is 342 g/mol. The normalized spacial score (nSPS) is 14.0. The number of aliphatic hydroxyl groups is 1. The molecule has 0 spiro atoms. The Morgan fingerprint density at radius 3 is 1.38 bits per heavy atom. The first kappa shape index (κ1) is 23.4. The first-order valence-electron chi connectivity index (χ1n) is 10.4. The molecular weight excluding hydrogens is 300 g/mol. The van der Waals surface area contributed by atoms with Crippen molar-refractivity contribution >= 4 is 5.97 Å². The van der Waals surface area contributed by atoms with E-state index < -0.39 is 11.6 Å². The molecule has 3 nitrogen and oxygen atoms in total. The average molecular weight is 343 g/mol. The molecule has 0 aliphatic carbocycles. The third-order valence-electron chi connectivity index (χ3n) is 5.24. The van der Waals surface area contributed by atoms with Crippen molar-refractivity contribution < 1.29 is 15.0 Å². The van der Waals surface area contributed by atoms with E-state index in [0.29, 0.717) is 6.42 Å². The number of carboxylic acids is 1. The second-order valence-electron chi connectivity index (χ2n) is 7.73. The molecule has 1 unspecified atom stereocenters. The van der Waals surface area contributed by atoms with Crippen molar-refractivity contribution in [2.24, 2.45) is 5.92 Å². The van der Waals surface area contributed by atoms with Crippen LogP contribution >= 0.6 is 0 Å². The van der Waals surface area contributed by atoms with Gasteiger partial charge in [0, 0.05) is 0 Å². The van der Waals surface area contributed by atoms with Gasteiger partial charge < -0.3 is 10.2 Å². The van der Waals surface area contributed by atoms with Crippen molar-refractivity contribution in [1.29, 1.82) is 0 Å². The summed E-state index contributed by atoms with van der Waals surface area (Å²) in [6.45, 7) is 5.81. The maximum atomic E-state index is 11.2. The Bertz CT molecular complexity index is 301. The van der Waals surface area contributed by atoms with Gasteiger partial charge in [-0.15, -0.1) is 0 Å². The molecule has 0 aromatic heterocycles. The topological polar surface area (TPSA) is 57.5 Å². The standard InChI is InChI=1S/C21H42O3/c1-4-5-6-7-8-9-10-11-12-13-14-15-16-17-18-21(24,19(2)3)20(22)23/h19,24H,4-18H2,1-3H3,(H,22,23). The van der Waals surface area contributed by atoms with E-state index in [2.05, 4.69) is 6.92 Å². The van der Waals surface area contributed by atoms with Gasteiger partial charge in [0.1, 0.15) is 0 Å². The Morgan fingerprint density at radius 2 is 1.08 bits per heavy atom. The number of unbranched alkanes of at least 4 members (excludes halogenated alkanes) is 13. The molecule has 2 N–H and O–H groups in total. The minimum Gasteiger partial charge on any atom is -0.479 e. The molecular formula is C21H42O3. The van der Waals surface area contributed by atoms with Crippen LogP contribution in [0.2, 0.25) is 0 Å². The van der Waals surface area contributed by atoms with E-state index >= 15 is 0 Å². The smallest absolute Gasteiger partial charge is 0.335 e. The third kappa shape index (κ3) is 11.1. The quantitative estimate of drug-likeness (QED) is 0.304. The predicted octanol–water partition coefficient (Wildman–Crippen LogP) is 6.33. The fraction of sp³-hybridized carbons (Fsp3) is 0.952. The number of rotatable bonds is 17. The van der Waals surface area contributed by atoms with Crippen molar-refractivity contribution in [2.45, 2.75) is 123 Å². The van der Waals surface area contributed by atoms with E-state index in [4.69, 9.17) is 5.11 Å². The van der Waals surface area contributed by atoms with Gasteiger partial charge in [-0.3, -0.25) is 0 Å². The molecule has 0 aromatic carbocycles. The van der Waals surface area contributed by atoms with Crippen molar-refractivity contribution in [2.75, 3.05) is 0 Å². The van der Waals surface area contributed by atoms with Gasteiger partial charge in [0.05, 0.1) is 0 Å². The van der Waals surface area contributed by atoms with Crippen LogP contribution in [-0.4, -0.2) is 21.8 Å². The first-order chi connectivity index (χ1) is 11.4. The first-order valence-corrected chi connectivity index (χ1v) is 10.4. The summed E-state index contributed by atoms with van der Waals surface area (Å²) in [6, 6.07) is 0. The van der Waals surface area contributed by atoms with Crippen LogP contribution in [0.15, 0.2) is 0 Å². The molecule has 0 aliphatic rings. The SMILES string of the molecule is CCCCCCCCCCCCCCCCC(O)(C(=O)O)C(C)C. The van der Waals surface area contributed by atoms with Crippen LogP contribution in [0, 0.1) is 5.92 Å². The van der Waals surface area contributed by atoms with E-state index in [9.17, 15) is 9.90 Å². The predicted molar refractivity (Wildman–Crippen MR) is 102 cm³/mol. The summed E-state index contributed by atoms with van der Waals surface area (Å²) in [4.78, 5) is 11.2. The van der Waals surface area contributed by atoms with E-state index in [0.717, 1.165) is 19.3 Å². The molecule has 0 radical (unpaired) electrons. The zero-order valence-corrected chi connectivity index (χ0v) is 16.5. The van der Waals surface area contributed by atoms with Crippen LogP contribution in [-0.2, 0) is 4.79 Å². The van der Waals surface area contributed by atoms with Crippen molar-refractivity contribution in [1.82, 2.24) is 0 Å². The highest BCUT2D eigenvalue weighted by atomic mass is 16.4. The molecule has 24 heavy (non-hydrogen) atoms. The van der Waals surface area contributed by atoms with Crippen LogP contribution in [0.5, 0.6) is 0 Å². The van der Waals surface area contributed by atoms with Crippen molar-refractivity contribution in [3.63, 3.8) is 0 Å². The highest BCUT2D eigenvalue weighted by Crippen LogP contribution is 2.25. The summed E-state index contributed by atoms with van der Waals surface area (Å²) in [6.07, 6.45) is 18.3. The Hall–Kier alpha value is -0.570. The van der Waals surface area contributed by atoms with Gasteiger partial charge in [-0.05, 0) is 18.8 Å². The van der Waals surface area contributed by atoms with Gasteiger partial charge in [0.2, 0.25) is 0 Å².